The second-order valence-corrected chi connectivity index (χ2v) is 5.20. The molecule has 0 spiro atoms. The van der Waals surface area contributed by atoms with E-state index in [2.05, 4.69) is 5.32 Å². The summed E-state index contributed by atoms with van der Waals surface area (Å²) in [4.78, 5) is 11.8. The molecule has 4 heteroatoms. The minimum atomic E-state index is 0.0927. The maximum absolute atomic E-state index is 11.8. The number of carbonyl (C=O) groups excluding carboxylic acids is 1. The van der Waals surface area contributed by atoms with E-state index >= 15 is 0 Å². The summed E-state index contributed by atoms with van der Waals surface area (Å²) >= 11 is 1.83. The van der Waals surface area contributed by atoms with Gasteiger partial charge in [-0.3, -0.25) is 4.79 Å². The van der Waals surface area contributed by atoms with Crippen LogP contribution >= 0.6 is 11.8 Å². The zero-order valence-corrected chi connectivity index (χ0v) is 10.0. The van der Waals surface area contributed by atoms with Gasteiger partial charge in [-0.05, 0) is 42.9 Å². The Bertz CT molecular complexity index is 400. The summed E-state index contributed by atoms with van der Waals surface area (Å²) in [7, 11) is 0. The summed E-state index contributed by atoms with van der Waals surface area (Å²) in [5, 5.41) is 12.3. The first-order valence-corrected chi connectivity index (χ1v) is 6.50. The second kappa shape index (κ2) is 4.78. The smallest absolute Gasteiger partial charge is 0.228 e. The van der Waals surface area contributed by atoms with E-state index in [1.165, 1.54) is 0 Å². The molecular formula is C12H15NO2S. The maximum Gasteiger partial charge on any atom is 0.228 e. The molecular weight excluding hydrogens is 222 g/mol. The maximum atomic E-state index is 11.8. The van der Waals surface area contributed by atoms with Crippen LogP contribution in [0, 0.1) is 12.8 Å². The fourth-order valence-corrected chi connectivity index (χ4v) is 2.94. The number of aryl methyl sites for hydroxylation is 1. The molecule has 1 aliphatic rings. The predicted molar refractivity (Wildman–Crippen MR) is 66.9 cm³/mol. The molecule has 1 fully saturated rings. The summed E-state index contributed by atoms with van der Waals surface area (Å²) in [6.07, 6.45) is 0.966. The highest BCUT2D eigenvalue weighted by Gasteiger charge is 2.23. The number of aromatic hydroxyl groups is 1. The third-order valence-corrected chi connectivity index (χ3v) is 3.93. The van der Waals surface area contributed by atoms with Crippen LogP contribution in [0.5, 0.6) is 5.75 Å². The number of benzene rings is 1. The molecule has 1 aromatic rings. The van der Waals surface area contributed by atoms with E-state index in [0.29, 0.717) is 0 Å². The van der Waals surface area contributed by atoms with Crippen molar-refractivity contribution in [2.75, 3.05) is 16.8 Å². The molecule has 16 heavy (non-hydrogen) atoms. The number of hydrogen-bond donors (Lipinski definition) is 2. The Balaban J connectivity index is 2.02. The van der Waals surface area contributed by atoms with Crippen molar-refractivity contribution in [1.29, 1.82) is 0 Å². The average Bonchev–Trinajstić information content (AvgIpc) is 2.77. The number of hydrogen-bond acceptors (Lipinski definition) is 3. The number of thioether (sulfide) groups is 1. The number of carbonyl (C=O) groups is 1. The standard InChI is InChI=1S/C12H15NO2S/c1-8-6-10(2-3-11(8)14)13-12(15)9-4-5-16-7-9/h2-3,6,9,14H,4-5,7H2,1H3,(H,13,15). The molecule has 0 radical (unpaired) electrons. The van der Waals surface area contributed by atoms with Crippen molar-refractivity contribution >= 4 is 23.4 Å². The van der Waals surface area contributed by atoms with E-state index in [1.807, 2.05) is 18.7 Å². The van der Waals surface area contributed by atoms with Crippen LogP contribution in [0.2, 0.25) is 0 Å². The van der Waals surface area contributed by atoms with Gasteiger partial charge in [0.2, 0.25) is 5.91 Å². The average molecular weight is 237 g/mol. The van der Waals surface area contributed by atoms with E-state index in [1.54, 1.807) is 18.2 Å². The largest absolute Gasteiger partial charge is 0.508 e. The van der Waals surface area contributed by atoms with E-state index < -0.39 is 0 Å². The van der Waals surface area contributed by atoms with Crippen LogP contribution in [0.4, 0.5) is 5.69 Å². The molecule has 0 aromatic heterocycles. The molecule has 2 N–H and O–H groups in total. The quantitative estimate of drug-likeness (QED) is 0.776. The van der Waals surface area contributed by atoms with Crippen molar-refractivity contribution < 1.29 is 9.90 Å². The Morgan fingerprint density at radius 3 is 3.00 bits per heavy atom. The van der Waals surface area contributed by atoms with Crippen molar-refractivity contribution in [2.24, 2.45) is 5.92 Å². The highest BCUT2D eigenvalue weighted by molar-refractivity contribution is 7.99. The van der Waals surface area contributed by atoms with Crippen molar-refractivity contribution in [1.82, 2.24) is 0 Å². The molecule has 1 atom stereocenters. The Morgan fingerprint density at radius 1 is 1.56 bits per heavy atom. The van der Waals surface area contributed by atoms with Gasteiger partial charge in [0.25, 0.3) is 0 Å². The monoisotopic (exact) mass is 237 g/mol. The summed E-state index contributed by atoms with van der Waals surface area (Å²) in [6.45, 7) is 1.82. The van der Waals surface area contributed by atoms with Gasteiger partial charge in [-0.15, -0.1) is 0 Å². The van der Waals surface area contributed by atoms with Crippen molar-refractivity contribution in [3.8, 4) is 5.75 Å². The first kappa shape index (κ1) is 11.3. The molecule has 0 saturated carbocycles. The molecule has 86 valence electrons. The van der Waals surface area contributed by atoms with Crippen LogP contribution in [0.25, 0.3) is 0 Å². The number of amides is 1. The number of phenols is 1. The first-order valence-electron chi connectivity index (χ1n) is 5.35. The van der Waals surface area contributed by atoms with Crippen LogP contribution in [0.15, 0.2) is 18.2 Å². The fourth-order valence-electron chi connectivity index (χ4n) is 1.72. The van der Waals surface area contributed by atoms with Gasteiger partial charge in [0.1, 0.15) is 5.75 Å². The second-order valence-electron chi connectivity index (χ2n) is 4.05. The summed E-state index contributed by atoms with van der Waals surface area (Å²) in [6, 6.07) is 5.12. The van der Waals surface area contributed by atoms with Crippen molar-refractivity contribution in [3.05, 3.63) is 23.8 Å². The van der Waals surface area contributed by atoms with E-state index in [4.69, 9.17) is 0 Å². The summed E-state index contributed by atoms with van der Waals surface area (Å²) < 4.78 is 0. The van der Waals surface area contributed by atoms with Crippen molar-refractivity contribution in [3.63, 3.8) is 0 Å². The van der Waals surface area contributed by atoms with Crippen LogP contribution in [0.1, 0.15) is 12.0 Å². The minimum Gasteiger partial charge on any atom is -0.508 e. The zero-order chi connectivity index (χ0) is 11.5. The summed E-state index contributed by atoms with van der Waals surface area (Å²) in [5.74, 6) is 2.49. The van der Waals surface area contributed by atoms with Gasteiger partial charge >= 0.3 is 0 Å². The Kier molecular flexibility index (Phi) is 3.39. The van der Waals surface area contributed by atoms with E-state index in [9.17, 15) is 9.90 Å². The molecule has 2 rings (SSSR count). The van der Waals surface area contributed by atoms with E-state index in [-0.39, 0.29) is 17.6 Å². The topological polar surface area (TPSA) is 49.3 Å². The van der Waals surface area contributed by atoms with E-state index in [0.717, 1.165) is 29.2 Å². The molecule has 1 aliphatic heterocycles. The lowest BCUT2D eigenvalue weighted by Gasteiger charge is -2.10. The third-order valence-electron chi connectivity index (χ3n) is 2.76. The van der Waals surface area contributed by atoms with Gasteiger partial charge in [-0.2, -0.15) is 11.8 Å². The SMILES string of the molecule is Cc1cc(NC(=O)C2CCSC2)ccc1O. The third kappa shape index (κ3) is 2.50. The number of phenolic OH excluding ortho intramolecular Hbond substituents is 1. The van der Waals surface area contributed by atoms with Crippen LogP contribution in [-0.4, -0.2) is 22.5 Å². The number of rotatable bonds is 2. The van der Waals surface area contributed by atoms with Gasteiger partial charge < -0.3 is 10.4 Å². The molecule has 1 saturated heterocycles. The lowest BCUT2D eigenvalue weighted by Crippen LogP contribution is -2.22. The summed E-state index contributed by atoms with van der Waals surface area (Å²) in [5.41, 5.74) is 1.54. The molecule has 1 unspecified atom stereocenters. The number of anilines is 1. The van der Waals surface area contributed by atoms with Gasteiger partial charge in [-0.25, -0.2) is 0 Å². The Morgan fingerprint density at radius 2 is 2.38 bits per heavy atom. The predicted octanol–water partition coefficient (Wildman–Crippen LogP) is 2.39. The minimum absolute atomic E-state index is 0.0927. The van der Waals surface area contributed by atoms with Crippen LogP contribution < -0.4 is 5.32 Å². The molecule has 1 amide bonds. The zero-order valence-electron chi connectivity index (χ0n) is 9.19. The Hall–Kier alpha value is -1.16. The lowest BCUT2D eigenvalue weighted by atomic mass is 10.1. The lowest BCUT2D eigenvalue weighted by molar-refractivity contribution is -0.119. The number of nitrogens with one attached hydrogen (secondary N) is 1. The fraction of sp³-hybridized carbons (Fsp3) is 0.417. The van der Waals surface area contributed by atoms with Crippen LogP contribution in [0.3, 0.4) is 0 Å². The highest BCUT2D eigenvalue weighted by atomic mass is 32.2. The molecule has 1 aromatic carbocycles. The molecule has 0 bridgehead atoms. The normalized spacial score (nSPS) is 19.7. The Labute approximate surface area is 99.2 Å². The molecule has 3 nitrogen and oxygen atoms in total. The van der Waals surface area contributed by atoms with Crippen LogP contribution in [-0.2, 0) is 4.79 Å². The van der Waals surface area contributed by atoms with Gasteiger partial charge in [0.15, 0.2) is 0 Å². The first-order chi connectivity index (χ1) is 7.66. The molecule has 1 heterocycles. The van der Waals surface area contributed by atoms with Gasteiger partial charge in [-0.1, -0.05) is 0 Å². The highest BCUT2D eigenvalue weighted by Crippen LogP contribution is 2.25. The van der Waals surface area contributed by atoms with Gasteiger partial charge in [0, 0.05) is 17.4 Å². The molecule has 0 aliphatic carbocycles. The van der Waals surface area contributed by atoms with Crippen molar-refractivity contribution in [2.45, 2.75) is 13.3 Å². The van der Waals surface area contributed by atoms with Gasteiger partial charge in [0.05, 0.1) is 0 Å².